The number of esters is 2. The summed E-state index contributed by atoms with van der Waals surface area (Å²) in [4.78, 5) is 45.7. The molecule has 8 rings (SSSR count). The summed E-state index contributed by atoms with van der Waals surface area (Å²) in [6.45, 7) is 23.2. The number of carbonyl (C=O) groups excluding carboxylic acids is 2. The van der Waals surface area contributed by atoms with Crippen LogP contribution in [-0.2, 0) is 25.6 Å². The first-order valence-electron chi connectivity index (χ1n) is 25.7. The molecular formula is C54H78BBrF3KN6O6. The van der Waals surface area contributed by atoms with Gasteiger partial charge in [-0.2, -0.15) is 9.97 Å². The predicted molar refractivity (Wildman–Crippen MR) is 278 cm³/mol. The van der Waals surface area contributed by atoms with Crippen LogP contribution in [0, 0.1) is 41.5 Å². The molecule has 18 heteroatoms. The topological polar surface area (TPSA) is 129 Å². The number of likely N-dealkylation sites (tertiary alicyclic amines) is 2. The second-order valence-corrected chi connectivity index (χ2v) is 22.4. The van der Waals surface area contributed by atoms with E-state index in [2.05, 4.69) is 101 Å². The van der Waals surface area contributed by atoms with E-state index >= 15 is 0 Å². The Morgan fingerprint density at radius 1 is 0.653 bits per heavy atom. The van der Waals surface area contributed by atoms with E-state index in [0.29, 0.717) is 41.9 Å². The summed E-state index contributed by atoms with van der Waals surface area (Å²) < 4.78 is 52.4. The third-order valence-electron chi connectivity index (χ3n) is 14.3. The second kappa shape index (κ2) is 30.3. The van der Waals surface area contributed by atoms with Crippen LogP contribution in [0.5, 0.6) is 11.8 Å². The molecule has 4 aromatic heterocycles. The van der Waals surface area contributed by atoms with Crippen molar-refractivity contribution >= 4 is 57.5 Å². The number of rotatable bonds is 10. The molecule has 2 saturated heterocycles. The normalized spacial score (nSPS) is 21.3. The van der Waals surface area contributed by atoms with E-state index in [0.717, 1.165) is 122 Å². The molecule has 2 aliphatic heterocycles. The van der Waals surface area contributed by atoms with Crippen molar-refractivity contribution in [1.82, 2.24) is 29.7 Å². The van der Waals surface area contributed by atoms with Crippen LogP contribution in [0.15, 0.2) is 53.3 Å². The number of halogens is 4. The molecule has 2 saturated carbocycles. The van der Waals surface area contributed by atoms with Crippen molar-refractivity contribution in [3.63, 3.8) is 0 Å². The molecule has 6 heterocycles. The molecule has 12 nitrogen and oxygen atoms in total. The fraction of sp³-hybridized carbons (Fsp3) is 0.648. The van der Waals surface area contributed by atoms with Crippen LogP contribution in [0.3, 0.4) is 0 Å². The van der Waals surface area contributed by atoms with Gasteiger partial charge in [0.25, 0.3) is 0 Å². The van der Waals surface area contributed by atoms with E-state index in [9.17, 15) is 22.5 Å². The second-order valence-electron chi connectivity index (χ2n) is 21.5. The van der Waals surface area contributed by atoms with Gasteiger partial charge in [-0.25, -0.2) is 9.97 Å². The first-order valence-corrected chi connectivity index (χ1v) is 26.5. The van der Waals surface area contributed by atoms with Crippen LogP contribution in [0.4, 0.5) is 12.9 Å². The Kier molecular flexibility index (Phi) is 26.2. The maximum Gasteiger partial charge on any atom is 1.00 e. The molecule has 4 fully saturated rings. The zero-order valence-corrected chi connectivity index (χ0v) is 49.2. The van der Waals surface area contributed by atoms with Crippen LogP contribution < -0.4 is 60.9 Å². The largest absolute Gasteiger partial charge is 1.00 e. The Labute approximate surface area is 478 Å². The molecule has 2 aliphatic carbocycles. The minimum Gasteiger partial charge on any atom is -0.474 e. The third kappa shape index (κ3) is 20.9. The van der Waals surface area contributed by atoms with Gasteiger partial charge in [-0.3, -0.25) is 34.5 Å². The van der Waals surface area contributed by atoms with Gasteiger partial charge in [0.1, 0.15) is 12.2 Å². The number of hydrogen-bond donors (Lipinski definition) is 0. The van der Waals surface area contributed by atoms with Gasteiger partial charge in [-0.1, -0.05) is 41.5 Å². The first-order chi connectivity index (χ1) is 33.7. The number of nitrogens with zero attached hydrogens (tertiary/aromatic N) is 6. The number of hydrogen-bond acceptors (Lipinski definition) is 12. The molecule has 0 spiro atoms. The van der Waals surface area contributed by atoms with E-state index in [-0.39, 0.29) is 81.3 Å². The van der Waals surface area contributed by atoms with Crippen molar-refractivity contribution in [3.05, 3.63) is 65.9 Å². The van der Waals surface area contributed by atoms with Gasteiger partial charge >= 0.3 is 70.9 Å². The van der Waals surface area contributed by atoms with Crippen molar-refractivity contribution < 1.29 is 92.9 Å². The molecule has 0 atom stereocenters. The molecule has 392 valence electrons. The molecule has 0 amide bonds. The van der Waals surface area contributed by atoms with Gasteiger partial charge in [0.15, 0.2) is 11.3 Å². The van der Waals surface area contributed by atoms with Crippen LogP contribution in [0.2, 0.25) is 0 Å². The van der Waals surface area contributed by atoms with Crippen LogP contribution in [0.25, 0.3) is 22.1 Å². The molecular weight excluding hydrogens is 1020 g/mol. The maximum atomic E-state index is 11.9. The monoisotopic (exact) mass is 1090 g/mol. The Balaban J connectivity index is 0.000000247. The molecule has 0 N–H and O–H groups in total. The van der Waals surface area contributed by atoms with Crippen molar-refractivity contribution in [3.8, 4) is 11.8 Å². The Morgan fingerprint density at radius 3 is 1.47 bits per heavy atom. The Bertz CT molecular complexity index is 2260. The summed E-state index contributed by atoms with van der Waals surface area (Å²) in [6.07, 6.45) is 17.1. The number of piperidine rings is 2. The SMILES string of the molecule is CC(C)(C)C1CCC(Oc2ccc3cc(Br)cnc3n2)CC1.CCOC(=O)C1CCN(Cc2cnc3nc(OC4CCC(C(C)(C)C)CC4)ccc3c2)CC1.FB(F)F.[CH2-]N1CCC(C(=O)OCC)CC1.[K+]. The van der Waals surface area contributed by atoms with Crippen LogP contribution >= 0.6 is 15.9 Å². The zero-order chi connectivity index (χ0) is 51.7. The average molecular weight is 1090 g/mol. The third-order valence-corrected chi connectivity index (χ3v) is 14.7. The van der Waals surface area contributed by atoms with Gasteiger partial charge in [0, 0.05) is 46.3 Å². The summed E-state index contributed by atoms with van der Waals surface area (Å²) in [6, 6.07) is 12.2. The average Bonchev–Trinajstić information content (AvgIpc) is 3.32. The Morgan fingerprint density at radius 2 is 1.06 bits per heavy atom. The first kappa shape index (κ1) is 62.1. The maximum absolute atomic E-state index is 11.9. The fourth-order valence-electron chi connectivity index (χ4n) is 9.93. The molecule has 0 aromatic carbocycles. The van der Waals surface area contributed by atoms with E-state index in [1.54, 1.807) is 6.20 Å². The summed E-state index contributed by atoms with van der Waals surface area (Å²) in [5.74, 6) is 3.03. The van der Waals surface area contributed by atoms with Crippen LogP contribution in [-0.4, -0.2) is 101 Å². The summed E-state index contributed by atoms with van der Waals surface area (Å²) >= 11 is 3.43. The Hall–Kier alpha value is -2.45. The summed E-state index contributed by atoms with van der Waals surface area (Å²) in [7, 11) is 0.152. The van der Waals surface area contributed by atoms with E-state index < -0.39 is 7.54 Å². The smallest absolute Gasteiger partial charge is 0.474 e. The molecule has 0 radical (unpaired) electrons. The van der Waals surface area contributed by atoms with Crippen molar-refractivity contribution in [2.24, 2.45) is 34.5 Å². The van der Waals surface area contributed by atoms with Gasteiger partial charge in [0.2, 0.25) is 11.8 Å². The summed E-state index contributed by atoms with van der Waals surface area (Å²) in [5.41, 5.74) is 3.44. The van der Waals surface area contributed by atoms with Gasteiger partial charge in [-0.15, -0.1) is 0 Å². The predicted octanol–water partition coefficient (Wildman–Crippen LogP) is 9.70. The molecule has 72 heavy (non-hydrogen) atoms. The van der Waals surface area contributed by atoms with E-state index in [1.807, 2.05) is 49.2 Å². The number of pyridine rings is 4. The van der Waals surface area contributed by atoms with E-state index in [4.69, 9.17) is 18.9 Å². The minimum absolute atomic E-state index is 0. The van der Waals surface area contributed by atoms with Crippen molar-refractivity contribution in [2.45, 2.75) is 151 Å². The van der Waals surface area contributed by atoms with Gasteiger partial charge in [-0.05, 0) is 186 Å². The standard InChI is InChI=1S/C27H39N3O3.C18H23BrN2O.C9H16NO2.BF3.K/c1-5-32-26(31)20-12-14-30(15-13-20)18-19-16-21-6-11-24(29-25(21)28-17-19)33-23-9-7-22(8-10-23)27(2,3)4;1-18(2,3)13-5-7-15(8-6-13)22-16-9-4-12-10-14(19)11-20-17(12)21-16;1-3-12-9(11)8-4-6-10(2)7-5-8;2-1(3)4;/h6,11,16-17,20,22-23H,5,7-10,12-15,18H2,1-4H3;4,9-11,13,15H,5-8H2,1-3H3;8H,2-7H2,1H3;;/q;;-1;;+1. The fourth-order valence-corrected chi connectivity index (χ4v) is 10.3. The van der Waals surface area contributed by atoms with E-state index in [1.165, 1.54) is 31.2 Å². The number of carbonyl (C=O) groups is 2. The van der Waals surface area contributed by atoms with Crippen molar-refractivity contribution in [2.75, 3.05) is 39.4 Å². The molecule has 4 aromatic rings. The molecule has 4 aliphatic rings. The molecule has 0 unspecified atom stereocenters. The number of ether oxygens (including phenoxy) is 4. The van der Waals surface area contributed by atoms with Gasteiger partial charge < -0.3 is 23.8 Å². The van der Waals surface area contributed by atoms with Crippen LogP contribution in [0.1, 0.15) is 138 Å². The summed E-state index contributed by atoms with van der Waals surface area (Å²) in [5, 5.41) is 2.07. The zero-order valence-electron chi connectivity index (χ0n) is 44.4. The molecule has 0 bridgehead atoms. The number of fused-ring (bicyclic) bond motifs is 2. The minimum atomic E-state index is -3.67. The van der Waals surface area contributed by atoms with Gasteiger partial charge in [0.05, 0.1) is 25.0 Å². The number of aromatic nitrogens is 4. The quantitative estimate of drug-likeness (QED) is 0.0852. The van der Waals surface area contributed by atoms with Crippen molar-refractivity contribution in [1.29, 1.82) is 0 Å².